The second-order valence-electron chi connectivity index (χ2n) is 19.2. The molecule has 3 rings (SSSR count). The van der Waals surface area contributed by atoms with Gasteiger partial charge in [-0.3, -0.25) is 38.4 Å². The maximum atomic E-state index is 14.4. The Labute approximate surface area is 408 Å². The zero-order valence-corrected chi connectivity index (χ0v) is 41.0. The number of aromatic hydroxyl groups is 1. The van der Waals surface area contributed by atoms with Crippen LogP contribution in [0.4, 0.5) is 0 Å². The van der Waals surface area contributed by atoms with Crippen molar-refractivity contribution >= 4 is 53.3 Å². The van der Waals surface area contributed by atoms with Gasteiger partial charge in [0.25, 0.3) is 0 Å². The molecule has 0 saturated carbocycles. The summed E-state index contributed by atoms with van der Waals surface area (Å²) in [4.78, 5) is 122. The highest BCUT2D eigenvalue weighted by atomic mass is 16.4. The average Bonchev–Trinajstić information content (AvgIpc) is 3.77. The SMILES string of the molecule is CC(C)C[C@H](NC(=O)[C@H](CC(=O)O)NC(=O)[C@H](CC(C)C)NC(=O)[C@@H](N)Cc1ccc(O)cc1)C(=O)N[C@@H](CC(C)C)C(=O)N[C@@H](Cc1ccccc1)C(=O)N1CCC[C@H]1C(=O)N[C@H](C(=O)O)[C@@H](C)O. The first-order valence-electron chi connectivity index (χ1n) is 23.7. The lowest BCUT2D eigenvalue weighted by Gasteiger charge is -2.31. The highest BCUT2D eigenvalue weighted by Crippen LogP contribution is 2.21. The molecule has 0 aromatic heterocycles. The number of carbonyl (C=O) groups excluding carboxylic acids is 7. The minimum atomic E-state index is -1.72. The van der Waals surface area contributed by atoms with Crippen molar-refractivity contribution in [3.8, 4) is 5.75 Å². The highest BCUT2D eigenvalue weighted by Gasteiger charge is 2.41. The van der Waals surface area contributed by atoms with E-state index in [-0.39, 0.29) is 68.6 Å². The topological polar surface area (TPSA) is 336 Å². The zero-order chi connectivity index (χ0) is 52.4. The molecule has 9 atom stereocenters. The lowest BCUT2D eigenvalue weighted by atomic mass is 9.98. The molecule has 0 bridgehead atoms. The van der Waals surface area contributed by atoms with Crippen LogP contribution in [0.15, 0.2) is 54.6 Å². The van der Waals surface area contributed by atoms with Gasteiger partial charge >= 0.3 is 11.9 Å². The molecule has 1 saturated heterocycles. The molecule has 12 N–H and O–H groups in total. The van der Waals surface area contributed by atoms with Crippen LogP contribution in [0.2, 0.25) is 0 Å². The van der Waals surface area contributed by atoms with E-state index in [4.69, 9.17) is 5.73 Å². The van der Waals surface area contributed by atoms with Crippen LogP contribution in [0.25, 0.3) is 0 Å². The van der Waals surface area contributed by atoms with Crippen LogP contribution in [0.1, 0.15) is 98.1 Å². The van der Waals surface area contributed by atoms with Crippen molar-refractivity contribution in [1.82, 2.24) is 36.8 Å². The lowest BCUT2D eigenvalue weighted by molar-refractivity contribution is -0.147. The molecule has 7 amide bonds. The molecule has 0 spiro atoms. The first-order chi connectivity index (χ1) is 32.9. The number of hydrogen-bond acceptors (Lipinski definition) is 12. The Morgan fingerprint density at radius 2 is 1.04 bits per heavy atom. The van der Waals surface area contributed by atoms with Crippen molar-refractivity contribution in [2.24, 2.45) is 23.5 Å². The summed E-state index contributed by atoms with van der Waals surface area (Å²) in [6.07, 6.45) is -1.54. The van der Waals surface area contributed by atoms with Gasteiger partial charge in [0.15, 0.2) is 6.04 Å². The molecule has 70 heavy (non-hydrogen) atoms. The van der Waals surface area contributed by atoms with Crippen molar-refractivity contribution in [1.29, 1.82) is 0 Å². The number of nitrogens with zero attached hydrogens (tertiary/aromatic N) is 1. The van der Waals surface area contributed by atoms with E-state index in [1.165, 1.54) is 24.0 Å². The molecule has 386 valence electrons. The number of aliphatic hydroxyl groups excluding tert-OH is 1. The van der Waals surface area contributed by atoms with Crippen molar-refractivity contribution in [2.45, 2.75) is 154 Å². The highest BCUT2D eigenvalue weighted by molar-refractivity contribution is 5.98. The molecule has 1 heterocycles. The van der Waals surface area contributed by atoms with E-state index in [1.54, 1.807) is 84.0 Å². The van der Waals surface area contributed by atoms with E-state index in [1.807, 2.05) is 0 Å². The van der Waals surface area contributed by atoms with E-state index in [0.717, 1.165) is 0 Å². The first-order valence-corrected chi connectivity index (χ1v) is 23.7. The third-order valence-electron chi connectivity index (χ3n) is 11.5. The van der Waals surface area contributed by atoms with Gasteiger partial charge in [0.1, 0.15) is 42.0 Å². The quantitative estimate of drug-likeness (QED) is 0.0581. The molecule has 1 aliphatic rings. The number of benzene rings is 2. The van der Waals surface area contributed by atoms with Gasteiger partial charge in [-0.15, -0.1) is 0 Å². The predicted molar refractivity (Wildman–Crippen MR) is 256 cm³/mol. The molecule has 2 aromatic rings. The van der Waals surface area contributed by atoms with Crippen LogP contribution in [-0.2, 0) is 56.0 Å². The van der Waals surface area contributed by atoms with Crippen LogP contribution in [0.3, 0.4) is 0 Å². The van der Waals surface area contributed by atoms with Crippen molar-refractivity contribution in [3.05, 3.63) is 65.7 Å². The number of nitrogens with two attached hydrogens (primary N) is 1. The number of likely N-dealkylation sites (tertiary alicyclic amines) is 1. The zero-order valence-electron chi connectivity index (χ0n) is 41.0. The monoisotopic (exact) mass is 981 g/mol. The van der Waals surface area contributed by atoms with Gasteiger partial charge in [0.2, 0.25) is 41.4 Å². The molecule has 0 unspecified atom stereocenters. The number of phenols is 1. The largest absolute Gasteiger partial charge is 0.508 e. The standard InChI is InChI=1S/C49H72N8O13/c1-26(2)20-34(51-42(62)33(50)23-31-15-17-32(59)18-16-31)43(63)54-37(25-40(60)61)46(66)53-35(21-27(3)4)44(64)52-36(22-28(5)6)45(65)55-38(24-30-12-9-8-10-13-30)48(68)57-19-11-14-39(57)47(67)56-41(29(7)58)49(69)70/h8-10,12-13,15-18,26-29,33-39,41,58-59H,11,14,19-25,50H2,1-7H3,(H,51,62)(H,52,64)(H,53,66)(H,54,63)(H,55,65)(H,56,67)(H,60,61)(H,69,70)/t29-,33+,34+,35+,36+,37+,38+,39+,41+/m1/s1. The van der Waals surface area contributed by atoms with Gasteiger partial charge in [-0.2, -0.15) is 0 Å². The Morgan fingerprint density at radius 3 is 1.50 bits per heavy atom. The molecule has 2 aromatic carbocycles. The second kappa shape index (κ2) is 27.5. The van der Waals surface area contributed by atoms with E-state index >= 15 is 0 Å². The molecule has 0 aliphatic carbocycles. The minimum Gasteiger partial charge on any atom is -0.508 e. The molecule has 21 nitrogen and oxygen atoms in total. The third kappa shape index (κ3) is 18.7. The summed E-state index contributed by atoms with van der Waals surface area (Å²) < 4.78 is 0. The van der Waals surface area contributed by atoms with Gasteiger partial charge in [0, 0.05) is 13.0 Å². The van der Waals surface area contributed by atoms with E-state index < -0.39 is 114 Å². The maximum absolute atomic E-state index is 14.4. The Kier molecular flexibility index (Phi) is 22.7. The molecule has 1 aliphatic heterocycles. The van der Waals surface area contributed by atoms with Gasteiger partial charge in [-0.25, -0.2) is 4.79 Å². The summed E-state index contributed by atoms with van der Waals surface area (Å²) >= 11 is 0. The Hall–Kier alpha value is -6.61. The van der Waals surface area contributed by atoms with Crippen LogP contribution >= 0.6 is 0 Å². The normalized spacial score (nSPS) is 17.0. The number of phenolic OH excluding ortho intramolecular Hbond substituents is 1. The molecule has 21 heteroatoms. The van der Waals surface area contributed by atoms with Crippen LogP contribution in [0, 0.1) is 17.8 Å². The van der Waals surface area contributed by atoms with Gasteiger partial charge < -0.3 is 63.0 Å². The van der Waals surface area contributed by atoms with Gasteiger partial charge in [-0.05, 0) is 86.5 Å². The van der Waals surface area contributed by atoms with Crippen LogP contribution < -0.4 is 37.6 Å². The maximum Gasteiger partial charge on any atom is 0.328 e. The summed E-state index contributed by atoms with van der Waals surface area (Å²) in [5, 5.41) is 54.3. The molecule has 1 fully saturated rings. The smallest absolute Gasteiger partial charge is 0.328 e. The number of nitrogens with one attached hydrogen (secondary N) is 6. The molecular weight excluding hydrogens is 909 g/mol. The Morgan fingerprint density at radius 1 is 0.600 bits per heavy atom. The molecule has 0 radical (unpaired) electrons. The Bertz CT molecular complexity index is 2120. The first kappa shape index (κ1) is 57.7. The van der Waals surface area contributed by atoms with E-state index in [9.17, 15) is 63.6 Å². The van der Waals surface area contributed by atoms with Crippen LogP contribution in [0.5, 0.6) is 5.75 Å². The summed E-state index contributed by atoms with van der Waals surface area (Å²) in [5.74, 6) is -9.08. The number of aliphatic hydroxyl groups is 1. The minimum absolute atomic E-state index is 0.0115. The van der Waals surface area contributed by atoms with Crippen molar-refractivity contribution in [2.75, 3.05) is 6.54 Å². The van der Waals surface area contributed by atoms with E-state index in [0.29, 0.717) is 17.5 Å². The summed E-state index contributed by atoms with van der Waals surface area (Å²) in [5.41, 5.74) is 7.46. The van der Waals surface area contributed by atoms with Gasteiger partial charge in [0.05, 0.1) is 18.6 Å². The van der Waals surface area contributed by atoms with Crippen molar-refractivity contribution in [3.63, 3.8) is 0 Å². The number of amides is 7. The fourth-order valence-electron chi connectivity index (χ4n) is 8.03. The number of carboxylic acids is 2. The second-order valence-corrected chi connectivity index (χ2v) is 19.2. The number of hydrogen-bond donors (Lipinski definition) is 11. The number of carboxylic acid groups (broad SMARTS) is 2. The van der Waals surface area contributed by atoms with E-state index in [2.05, 4.69) is 31.9 Å². The fraction of sp³-hybridized carbons (Fsp3) is 0.571. The summed E-state index contributed by atoms with van der Waals surface area (Å²) in [6.45, 7) is 12.0. The molecular formula is C49H72N8O13. The number of rotatable bonds is 27. The van der Waals surface area contributed by atoms with Crippen molar-refractivity contribution < 1.29 is 63.6 Å². The number of aliphatic carboxylic acids is 2. The predicted octanol–water partition coefficient (Wildman–Crippen LogP) is 0.483. The van der Waals surface area contributed by atoms with Gasteiger partial charge in [-0.1, -0.05) is 84.0 Å². The summed E-state index contributed by atoms with van der Waals surface area (Å²) in [6, 6.07) is 4.08. The average molecular weight is 981 g/mol. The lowest BCUT2D eigenvalue weighted by Crippen LogP contribution is -2.61. The van der Waals surface area contributed by atoms with Crippen LogP contribution in [-0.4, -0.2) is 140 Å². The number of carbonyl (C=O) groups is 9. The summed E-state index contributed by atoms with van der Waals surface area (Å²) in [7, 11) is 0. The Balaban J connectivity index is 1.85. The fourth-order valence-corrected chi connectivity index (χ4v) is 8.03. The third-order valence-corrected chi connectivity index (χ3v) is 11.5.